The molecule has 2 N–H and O–H groups in total. The summed E-state index contributed by atoms with van der Waals surface area (Å²) in [7, 11) is 0. The Kier molecular flexibility index (Phi) is 5.77. The van der Waals surface area contributed by atoms with E-state index in [0.717, 1.165) is 42.5 Å². The van der Waals surface area contributed by atoms with Crippen LogP contribution in [0, 0.1) is 0 Å². The highest BCUT2D eigenvalue weighted by molar-refractivity contribution is 8.20. The number of para-hydroxylation sites is 1. The third-order valence-corrected chi connectivity index (χ3v) is 11.4. The summed E-state index contributed by atoms with van der Waals surface area (Å²) in [6, 6.07) is 29.6. The minimum Gasteiger partial charge on any atom is -0.308 e. The molecular formula is C30H23N5OS3. The summed E-state index contributed by atoms with van der Waals surface area (Å²) in [5.74, 6) is 0. The summed E-state index contributed by atoms with van der Waals surface area (Å²) >= 11 is 5.01. The Morgan fingerprint density at radius 1 is 0.692 bits per heavy atom. The number of nitrogens with zero attached hydrogens (tertiary/aromatic N) is 3. The van der Waals surface area contributed by atoms with Crippen molar-refractivity contribution in [3.63, 3.8) is 0 Å². The Bertz CT molecular complexity index is 1700. The number of fused-ring (bicyclic) bond motifs is 4. The molecule has 2 aliphatic heterocycles. The van der Waals surface area contributed by atoms with Crippen molar-refractivity contribution in [3.05, 3.63) is 112 Å². The number of carbonyl (C=O) groups excluding carboxylic acids is 1. The van der Waals surface area contributed by atoms with Gasteiger partial charge in [-0.15, -0.1) is 0 Å². The van der Waals surface area contributed by atoms with Gasteiger partial charge in [-0.1, -0.05) is 114 Å². The highest BCUT2D eigenvalue weighted by Gasteiger charge is 2.60. The van der Waals surface area contributed by atoms with Crippen LogP contribution in [0.25, 0.3) is 11.4 Å². The summed E-state index contributed by atoms with van der Waals surface area (Å²) in [6.45, 7) is 4.52. The molecular weight excluding hydrogens is 543 g/mol. The molecule has 3 aromatic carbocycles. The number of thioether (sulfide) groups is 2. The first-order chi connectivity index (χ1) is 18.9. The maximum atomic E-state index is 12.8. The van der Waals surface area contributed by atoms with E-state index in [1.165, 1.54) is 11.3 Å². The summed E-state index contributed by atoms with van der Waals surface area (Å²) in [6.07, 6.45) is 0. The normalized spacial score (nSPS) is 22.9. The van der Waals surface area contributed by atoms with Crippen molar-refractivity contribution in [3.8, 4) is 0 Å². The summed E-state index contributed by atoms with van der Waals surface area (Å²) < 4.78 is 0.154. The van der Waals surface area contributed by atoms with Gasteiger partial charge in [-0.3, -0.25) is 5.32 Å². The molecule has 6 nitrogen and oxygen atoms in total. The molecule has 0 saturated heterocycles. The lowest BCUT2D eigenvalue weighted by molar-refractivity contribution is 0.262. The van der Waals surface area contributed by atoms with Gasteiger partial charge in [-0.05, 0) is 26.0 Å². The van der Waals surface area contributed by atoms with Gasteiger partial charge in [0.1, 0.15) is 15.4 Å². The fraction of sp³-hybridized carbons (Fsp3) is 0.133. The maximum absolute atomic E-state index is 12.8. The second kappa shape index (κ2) is 9.22. The Morgan fingerprint density at radius 3 is 1.79 bits per heavy atom. The lowest BCUT2D eigenvalue weighted by atomic mass is 9.85. The van der Waals surface area contributed by atoms with Gasteiger partial charge in [0, 0.05) is 16.8 Å². The van der Waals surface area contributed by atoms with Gasteiger partial charge in [0.05, 0.1) is 25.4 Å². The fourth-order valence-corrected chi connectivity index (χ4v) is 9.02. The number of urea groups is 1. The van der Waals surface area contributed by atoms with E-state index in [1.54, 1.807) is 23.5 Å². The number of nitrogens with one attached hydrogen (secondary N) is 2. The number of carbonyl (C=O) groups is 1. The second-order valence-electron chi connectivity index (χ2n) is 9.68. The van der Waals surface area contributed by atoms with Crippen LogP contribution >= 0.6 is 34.9 Å². The van der Waals surface area contributed by atoms with Crippen LogP contribution < -0.4 is 20.5 Å². The minimum absolute atomic E-state index is 0.337. The number of hydrogen-bond donors (Lipinski definition) is 2. The topological polar surface area (TPSA) is 78.7 Å². The largest absolute Gasteiger partial charge is 0.325 e. The van der Waals surface area contributed by atoms with Crippen molar-refractivity contribution < 1.29 is 4.79 Å². The quantitative estimate of drug-likeness (QED) is 0.322. The van der Waals surface area contributed by atoms with Crippen molar-refractivity contribution in [1.29, 1.82) is 0 Å². The van der Waals surface area contributed by atoms with Gasteiger partial charge in [0.2, 0.25) is 0 Å². The molecule has 4 aromatic rings. The molecule has 2 amide bonds. The standard InChI is InChI=1S/C30H23N5OS3/c1-29-23(33-25(38-29)18-12-6-3-7-13-18)21-22(24-30(29,2)39-26(34-24)19-14-8-4-9-15-19)37-28(32-21)35-27(36)31-20-16-10-5-11-17-20/h3-17H,1-2H3,(H2,31,32,35,36). The maximum Gasteiger partial charge on any atom is 0.325 e. The second-order valence-corrected chi connectivity index (χ2v) is 13.5. The van der Waals surface area contributed by atoms with Crippen molar-refractivity contribution in [2.24, 2.45) is 9.98 Å². The first-order valence-corrected chi connectivity index (χ1v) is 15.0. The van der Waals surface area contributed by atoms with Crippen LogP contribution in [0.3, 0.4) is 0 Å². The first-order valence-electron chi connectivity index (χ1n) is 12.5. The van der Waals surface area contributed by atoms with Gasteiger partial charge >= 0.3 is 6.03 Å². The van der Waals surface area contributed by atoms with Crippen LogP contribution in [0.5, 0.6) is 0 Å². The van der Waals surface area contributed by atoms with Gasteiger partial charge in [0.25, 0.3) is 0 Å². The molecule has 0 bridgehead atoms. The van der Waals surface area contributed by atoms with Crippen LogP contribution in [0.4, 0.5) is 15.6 Å². The van der Waals surface area contributed by atoms with E-state index in [2.05, 4.69) is 48.7 Å². The highest BCUT2D eigenvalue weighted by Crippen LogP contribution is 2.62. The number of hydrogen-bond acceptors (Lipinski definition) is 7. The molecule has 0 saturated carbocycles. The molecule has 9 heteroatoms. The third kappa shape index (κ3) is 3.95. The predicted octanol–water partition coefficient (Wildman–Crippen LogP) is 5.92. The van der Waals surface area contributed by atoms with Crippen LogP contribution in [-0.4, -0.2) is 30.6 Å². The lowest BCUT2D eigenvalue weighted by Gasteiger charge is -2.41. The van der Waals surface area contributed by atoms with E-state index < -0.39 is 4.75 Å². The van der Waals surface area contributed by atoms with E-state index in [-0.39, 0.29) is 10.8 Å². The molecule has 39 heavy (non-hydrogen) atoms. The van der Waals surface area contributed by atoms with Crippen molar-refractivity contribution in [2.75, 3.05) is 10.6 Å². The molecule has 192 valence electrons. The van der Waals surface area contributed by atoms with Crippen molar-refractivity contribution in [2.45, 2.75) is 23.3 Å². The molecule has 1 aliphatic carbocycles. The van der Waals surface area contributed by atoms with E-state index in [0.29, 0.717) is 10.8 Å². The van der Waals surface area contributed by atoms with Crippen molar-refractivity contribution >= 4 is 73.2 Å². The number of aliphatic imine (C=N–C) groups is 2. The molecule has 3 aliphatic rings. The van der Waals surface area contributed by atoms with Crippen LogP contribution in [-0.2, 0) is 0 Å². The third-order valence-electron chi connectivity index (χ3n) is 7.20. The molecule has 0 spiro atoms. The van der Waals surface area contributed by atoms with Crippen LogP contribution in [0.15, 0.2) is 101 Å². The molecule has 1 aromatic heterocycles. The molecule has 2 unspecified atom stereocenters. The monoisotopic (exact) mass is 565 g/mol. The van der Waals surface area contributed by atoms with E-state index >= 15 is 0 Å². The number of thiazole rings is 1. The number of amides is 2. The molecule has 0 fully saturated rings. The van der Waals surface area contributed by atoms with Gasteiger partial charge < -0.3 is 5.32 Å². The highest BCUT2D eigenvalue weighted by atomic mass is 32.2. The summed E-state index contributed by atoms with van der Waals surface area (Å²) in [5, 5.41) is 9.08. The predicted molar refractivity (Wildman–Crippen MR) is 165 cm³/mol. The van der Waals surface area contributed by atoms with Crippen LogP contribution in [0.1, 0.15) is 25.0 Å². The van der Waals surface area contributed by atoms with E-state index in [1.807, 2.05) is 66.7 Å². The number of rotatable bonds is 4. The average Bonchev–Trinajstić information content (AvgIpc) is 3.64. The first kappa shape index (κ1) is 24.4. The number of benzene rings is 3. The number of anilines is 2. The zero-order valence-electron chi connectivity index (χ0n) is 21.1. The van der Waals surface area contributed by atoms with Crippen molar-refractivity contribution in [1.82, 2.24) is 4.98 Å². The Labute approximate surface area is 238 Å². The van der Waals surface area contributed by atoms with Gasteiger partial charge in [-0.25, -0.2) is 19.8 Å². The SMILES string of the molecule is CC12SC(c3ccccc3)=NC1=c1nc(NC(=O)Nc3ccccc3)sc1=C1N=C(c3ccccc3)SC12C. The van der Waals surface area contributed by atoms with Crippen LogP contribution in [0.2, 0.25) is 0 Å². The Morgan fingerprint density at radius 2 is 1.21 bits per heavy atom. The van der Waals surface area contributed by atoms with Gasteiger partial charge in [-0.2, -0.15) is 0 Å². The summed E-state index contributed by atoms with van der Waals surface area (Å²) in [4.78, 5) is 28.2. The van der Waals surface area contributed by atoms with Gasteiger partial charge in [0.15, 0.2) is 5.13 Å². The zero-order chi connectivity index (χ0) is 26.6. The molecule has 3 heterocycles. The van der Waals surface area contributed by atoms with E-state index in [4.69, 9.17) is 15.0 Å². The minimum atomic E-state index is -0.414. The molecule has 7 rings (SSSR count). The fourth-order valence-electron chi connectivity index (χ4n) is 5.02. The summed E-state index contributed by atoms with van der Waals surface area (Å²) in [5.41, 5.74) is 4.81. The molecule has 2 atom stereocenters. The van der Waals surface area contributed by atoms with E-state index in [9.17, 15) is 4.79 Å². The smallest absolute Gasteiger partial charge is 0.308 e. The number of aromatic nitrogens is 1. The average molecular weight is 566 g/mol. The molecule has 0 radical (unpaired) electrons. The Balaban J connectivity index is 1.38. The lowest BCUT2D eigenvalue weighted by Crippen LogP contribution is -2.53. The Hall–Kier alpha value is -3.66. The zero-order valence-corrected chi connectivity index (χ0v) is 23.6.